The molecule has 0 spiro atoms. The first kappa shape index (κ1) is 12.6. The van der Waals surface area contributed by atoms with Crippen molar-refractivity contribution in [2.75, 3.05) is 7.11 Å². The third kappa shape index (κ3) is 2.37. The van der Waals surface area contributed by atoms with Gasteiger partial charge in [-0.15, -0.1) is 0 Å². The van der Waals surface area contributed by atoms with Gasteiger partial charge in [0.25, 0.3) is 0 Å². The van der Waals surface area contributed by atoms with Gasteiger partial charge in [0, 0.05) is 36.1 Å². The summed E-state index contributed by atoms with van der Waals surface area (Å²) in [7, 11) is 1.57. The highest BCUT2D eigenvalue weighted by atomic mass is 16.5. The van der Waals surface area contributed by atoms with Gasteiger partial charge in [-0.1, -0.05) is 0 Å². The lowest BCUT2D eigenvalue weighted by atomic mass is 9.84. The largest absolute Gasteiger partial charge is 0.512 e. The first-order valence-corrected chi connectivity index (χ1v) is 5.95. The van der Waals surface area contributed by atoms with E-state index in [1.807, 2.05) is 19.9 Å². The Morgan fingerprint density at radius 3 is 2.72 bits per heavy atom. The van der Waals surface area contributed by atoms with E-state index in [1.54, 1.807) is 7.11 Å². The minimum absolute atomic E-state index is 0.0502. The average Bonchev–Trinajstić information content (AvgIpc) is 2.26. The van der Waals surface area contributed by atoms with Gasteiger partial charge >= 0.3 is 0 Å². The van der Waals surface area contributed by atoms with Crippen LogP contribution in [0.2, 0.25) is 0 Å². The zero-order valence-corrected chi connectivity index (χ0v) is 10.9. The van der Waals surface area contributed by atoms with Crippen LogP contribution in [0.4, 0.5) is 0 Å². The van der Waals surface area contributed by atoms with Crippen molar-refractivity contribution in [2.24, 2.45) is 0 Å². The van der Waals surface area contributed by atoms with Gasteiger partial charge < -0.3 is 9.84 Å². The molecule has 0 radical (unpaired) electrons. The molecule has 1 aromatic heterocycles. The molecule has 0 amide bonds. The number of aromatic nitrogens is 1. The minimum atomic E-state index is -0.0504. The molecule has 0 aromatic carbocycles. The minimum Gasteiger partial charge on any atom is -0.512 e. The molecule has 1 unspecified atom stereocenters. The van der Waals surface area contributed by atoms with Crippen molar-refractivity contribution in [1.29, 1.82) is 0 Å². The molecule has 0 saturated carbocycles. The second kappa shape index (κ2) is 4.80. The Morgan fingerprint density at radius 1 is 1.39 bits per heavy atom. The molecule has 18 heavy (non-hydrogen) atoms. The number of nitrogens with zero attached hydrogens (tertiary/aromatic N) is 1. The zero-order chi connectivity index (χ0) is 13.3. The topological polar surface area (TPSA) is 59.4 Å². The van der Waals surface area contributed by atoms with Crippen LogP contribution >= 0.6 is 0 Å². The normalized spacial score (nSPS) is 19.6. The molecule has 4 heteroatoms. The second-order valence-electron chi connectivity index (χ2n) is 4.71. The van der Waals surface area contributed by atoms with Crippen molar-refractivity contribution in [1.82, 2.24) is 4.98 Å². The summed E-state index contributed by atoms with van der Waals surface area (Å²) in [4.78, 5) is 15.9. The van der Waals surface area contributed by atoms with E-state index < -0.39 is 0 Å². The molecule has 2 rings (SSSR count). The summed E-state index contributed by atoms with van der Waals surface area (Å²) >= 11 is 0. The van der Waals surface area contributed by atoms with Gasteiger partial charge in [-0.05, 0) is 25.5 Å². The smallest absolute Gasteiger partial charge is 0.217 e. The van der Waals surface area contributed by atoms with Crippen molar-refractivity contribution < 1.29 is 14.6 Å². The van der Waals surface area contributed by atoms with Crippen molar-refractivity contribution in [3.8, 4) is 5.88 Å². The summed E-state index contributed by atoms with van der Waals surface area (Å²) in [5.41, 5.74) is 2.86. The van der Waals surface area contributed by atoms with Gasteiger partial charge in [0.2, 0.25) is 5.88 Å². The third-order valence-electron chi connectivity index (χ3n) is 3.19. The lowest BCUT2D eigenvalue weighted by molar-refractivity contribution is -0.115. The lowest BCUT2D eigenvalue weighted by Crippen LogP contribution is -2.15. The third-order valence-corrected chi connectivity index (χ3v) is 3.19. The highest BCUT2D eigenvalue weighted by Crippen LogP contribution is 2.37. The van der Waals surface area contributed by atoms with E-state index in [9.17, 15) is 9.90 Å². The summed E-state index contributed by atoms with van der Waals surface area (Å²) in [6, 6.07) is 1.97. The molecular weight excluding hydrogens is 230 g/mol. The van der Waals surface area contributed by atoms with Gasteiger partial charge in [0.05, 0.1) is 12.9 Å². The summed E-state index contributed by atoms with van der Waals surface area (Å²) < 4.78 is 5.31. The Balaban J connectivity index is 2.45. The summed E-state index contributed by atoms with van der Waals surface area (Å²) in [5, 5.41) is 9.60. The highest BCUT2D eigenvalue weighted by Gasteiger charge is 2.26. The summed E-state index contributed by atoms with van der Waals surface area (Å²) in [6.07, 6.45) is 2.17. The maximum Gasteiger partial charge on any atom is 0.217 e. The molecule has 1 heterocycles. The van der Waals surface area contributed by atoms with Crippen LogP contribution in [-0.4, -0.2) is 23.0 Å². The Morgan fingerprint density at radius 2 is 2.11 bits per heavy atom. The van der Waals surface area contributed by atoms with E-state index in [0.717, 1.165) is 16.8 Å². The number of aliphatic hydroxyl groups is 1. The van der Waals surface area contributed by atoms with Crippen LogP contribution < -0.4 is 4.74 Å². The van der Waals surface area contributed by atoms with Crippen molar-refractivity contribution in [3.63, 3.8) is 0 Å². The van der Waals surface area contributed by atoms with Crippen LogP contribution in [-0.2, 0) is 4.79 Å². The standard InChI is InChI=1S/C14H17NO3/c1-8-4-9(2)15-14(18-3)13(8)10-5-11(16)7-12(17)6-10/h4,7,10,16H,5-6H2,1-3H3. The Kier molecular flexibility index (Phi) is 3.36. The number of aliphatic hydroxyl groups excluding tert-OH is 1. The van der Waals surface area contributed by atoms with E-state index in [0.29, 0.717) is 18.7 Å². The summed E-state index contributed by atoms with van der Waals surface area (Å²) in [6.45, 7) is 3.88. The van der Waals surface area contributed by atoms with Gasteiger partial charge in [-0.2, -0.15) is 0 Å². The molecule has 1 aliphatic rings. The fourth-order valence-electron chi connectivity index (χ4n) is 2.54. The number of allylic oxidation sites excluding steroid dienone is 2. The highest BCUT2D eigenvalue weighted by molar-refractivity contribution is 5.91. The van der Waals surface area contributed by atoms with Gasteiger partial charge in [0.1, 0.15) is 0 Å². The summed E-state index contributed by atoms with van der Waals surface area (Å²) in [5.74, 6) is 0.592. The molecule has 0 fully saturated rings. The fraction of sp³-hybridized carbons (Fsp3) is 0.429. The predicted molar refractivity (Wildman–Crippen MR) is 68.0 cm³/mol. The number of rotatable bonds is 2. The van der Waals surface area contributed by atoms with Crippen molar-refractivity contribution in [3.05, 3.63) is 34.7 Å². The van der Waals surface area contributed by atoms with Gasteiger partial charge in [-0.3, -0.25) is 4.79 Å². The number of ether oxygens (including phenoxy) is 1. The molecule has 0 aliphatic heterocycles. The quantitative estimate of drug-likeness (QED) is 0.872. The van der Waals surface area contributed by atoms with Crippen LogP contribution in [0.15, 0.2) is 17.9 Å². The Hall–Kier alpha value is -1.84. The average molecular weight is 247 g/mol. The number of carbonyl (C=O) groups is 1. The number of hydrogen-bond donors (Lipinski definition) is 1. The SMILES string of the molecule is COc1nc(C)cc(C)c1C1CC(=O)C=C(O)C1. The first-order chi connectivity index (χ1) is 8.51. The number of carbonyl (C=O) groups excluding carboxylic acids is 1. The van der Waals surface area contributed by atoms with E-state index in [4.69, 9.17) is 4.74 Å². The van der Waals surface area contributed by atoms with Crippen LogP contribution in [0.5, 0.6) is 5.88 Å². The molecule has 4 nitrogen and oxygen atoms in total. The molecular formula is C14H17NO3. The first-order valence-electron chi connectivity index (χ1n) is 5.95. The van der Waals surface area contributed by atoms with Crippen molar-refractivity contribution in [2.45, 2.75) is 32.6 Å². The maximum absolute atomic E-state index is 11.5. The van der Waals surface area contributed by atoms with Crippen LogP contribution in [0.25, 0.3) is 0 Å². The zero-order valence-electron chi connectivity index (χ0n) is 10.9. The molecule has 1 aromatic rings. The van der Waals surface area contributed by atoms with Crippen LogP contribution in [0.3, 0.4) is 0 Å². The van der Waals surface area contributed by atoms with Crippen LogP contribution in [0.1, 0.15) is 35.6 Å². The molecule has 1 aliphatic carbocycles. The lowest BCUT2D eigenvalue weighted by Gasteiger charge is -2.23. The van der Waals surface area contributed by atoms with E-state index in [1.165, 1.54) is 6.08 Å². The predicted octanol–water partition coefficient (Wildman–Crippen LogP) is 2.60. The Bertz CT molecular complexity index is 520. The van der Waals surface area contributed by atoms with E-state index in [-0.39, 0.29) is 17.5 Å². The number of hydrogen-bond acceptors (Lipinski definition) is 4. The molecule has 0 bridgehead atoms. The van der Waals surface area contributed by atoms with Crippen molar-refractivity contribution >= 4 is 5.78 Å². The number of aryl methyl sites for hydroxylation is 2. The van der Waals surface area contributed by atoms with Crippen LogP contribution in [0, 0.1) is 13.8 Å². The van der Waals surface area contributed by atoms with Gasteiger partial charge in [0.15, 0.2) is 5.78 Å². The Labute approximate surface area is 106 Å². The molecule has 1 atom stereocenters. The molecule has 1 N–H and O–H groups in total. The monoisotopic (exact) mass is 247 g/mol. The number of methoxy groups -OCH3 is 1. The van der Waals surface area contributed by atoms with E-state index in [2.05, 4.69) is 4.98 Å². The maximum atomic E-state index is 11.5. The second-order valence-corrected chi connectivity index (χ2v) is 4.71. The molecule has 96 valence electrons. The molecule has 0 saturated heterocycles. The van der Waals surface area contributed by atoms with E-state index >= 15 is 0 Å². The van der Waals surface area contributed by atoms with Gasteiger partial charge in [-0.25, -0.2) is 4.98 Å². The fourth-order valence-corrected chi connectivity index (χ4v) is 2.54. The number of ketones is 1. The number of pyridine rings is 1.